The Labute approximate surface area is 121 Å². The molecule has 0 aromatic heterocycles. The van der Waals surface area contributed by atoms with Crippen molar-refractivity contribution in [2.75, 3.05) is 0 Å². The molecule has 0 saturated carbocycles. The van der Waals surface area contributed by atoms with E-state index in [0.29, 0.717) is 0 Å². The lowest BCUT2D eigenvalue weighted by Gasteiger charge is -2.12. The molecule has 7 heteroatoms. The van der Waals surface area contributed by atoms with Crippen LogP contribution in [0, 0.1) is 29.1 Å². The van der Waals surface area contributed by atoms with Crippen LogP contribution in [-0.4, -0.2) is 5.78 Å². The van der Waals surface area contributed by atoms with Gasteiger partial charge in [0.15, 0.2) is 29.1 Å². The van der Waals surface area contributed by atoms with Crippen molar-refractivity contribution in [1.82, 2.24) is 0 Å². The van der Waals surface area contributed by atoms with Gasteiger partial charge in [0.2, 0.25) is 5.82 Å². The minimum Gasteiger partial charge on any atom is -0.872 e. The summed E-state index contributed by atoms with van der Waals surface area (Å²) in [6, 6.07) is 7.19. The average molecular weight is 313 g/mol. The number of ketones is 1. The number of rotatable bonds is 3. The fourth-order valence-electron chi connectivity index (χ4n) is 1.70. The Bertz CT molecular complexity index is 740. The molecular weight excluding hydrogens is 307 g/mol. The van der Waals surface area contributed by atoms with Gasteiger partial charge >= 0.3 is 0 Å². The van der Waals surface area contributed by atoms with Crippen molar-refractivity contribution >= 4 is 11.5 Å². The molecule has 0 aliphatic carbocycles. The van der Waals surface area contributed by atoms with E-state index in [0.717, 1.165) is 0 Å². The highest BCUT2D eigenvalue weighted by Crippen LogP contribution is 2.24. The van der Waals surface area contributed by atoms with Crippen molar-refractivity contribution in [1.29, 1.82) is 0 Å². The van der Waals surface area contributed by atoms with E-state index in [-0.39, 0.29) is 11.6 Å². The summed E-state index contributed by atoms with van der Waals surface area (Å²) in [6.45, 7) is 0. The summed E-state index contributed by atoms with van der Waals surface area (Å²) in [5.74, 6) is -14.0. The molecule has 22 heavy (non-hydrogen) atoms. The molecule has 0 N–H and O–H groups in total. The van der Waals surface area contributed by atoms with E-state index in [2.05, 4.69) is 0 Å². The molecule has 2 aromatic carbocycles. The van der Waals surface area contributed by atoms with Crippen molar-refractivity contribution in [3.8, 4) is 0 Å². The Kier molecular flexibility index (Phi) is 4.25. The Morgan fingerprint density at radius 1 is 0.818 bits per heavy atom. The highest BCUT2D eigenvalue weighted by molar-refractivity contribution is 6.08. The van der Waals surface area contributed by atoms with Crippen LogP contribution in [0.4, 0.5) is 22.0 Å². The largest absolute Gasteiger partial charge is 0.872 e. The van der Waals surface area contributed by atoms with Crippen LogP contribution in [0.1, 0.15) is 15.9 Å². The maximum Gasteiger partial charge on any atom is 0.200 e. The number of benzene rings is 2. The van der Waals surface area contributed by atoms with Gasteiger partial charge in [-0.15, -0.1) is 0 Å². The zero-order valence-electron chi connectivity index (χ0n) is 10.7. The number of carbonyl (C=O) groups is 1. The normalized spacial score (nSPS) is 11.6. The van der Waals surface area contributed by atoms with Gasteiger partial charge in [-0.1, -0.05) is 36.1 Å². The lowest BCUT2D eigenvalue weighted by Crippen LogP contribution is -2.13. The van der Waals surface area contributed by atoms with Gasteiger partial charge in [-0.05, 0) is 11.6 Å². The first-order valence-corrected chi connectivity index (χ1v) is 5.84. The predicted octanol–water partition coefficient (Wildman–Crippen LogP) is 2.97. The lowest BCUT2D eigenvalue weighted by molar-refractivity contribution is -0.243. The fraction of sp³-hybridized carbons (Fsp3) is 0. The first kappa shape index (κ1) is 15.7. The fourth-order valence-corrected chi connectivity index (χ4v) is 1.70. The second kappa shape index (κ2) is 5.97. The highest BCUT2D eigenvalue weighted by Gasteiger charge is 2.28. The van der Waals surface area contributed by atoms with E-state index in [1.807, 2.05) is 0 Å². The second-order valence-electron chi connectivity index (χ2n) is 4.18. The molecule has 0 spiro atoms. The Morgan fingerprint density at radius 2 is 1.27 bits per heavy atom. The maximum absolute atomic E-state index is 13.4. The van der Waals surface area contributed by atoms with Gasteiger partial charge in [0.25, 0.3) is 0 Å². The molecule has 0 saturated heterocycles. The maximum atomic E-state index is 13.4. The molecule has 0 aliphatic rings. The third-order valence-electron chi connectivity index (χ3n) is 2.78. The zero-order chi connectivity index (χ0) is 16.4. The summed E-state index contributed by atoms with van der Waals surface area (Å²) in [5, 5.41) is 11.7. The van der Waals surface area contributed by atoms with Crippen LogP contribution >= 0.6 is 0 Å². The number of carbonyl (C=O) groups excluding carboxylic acids is 1. The molecular formula is C15H6F5O2-. The van der Waals surface area contributed by atoms with Crippen molar-refractivity contribution in [3.05, 3.63) is 76.6 Å². The minimum atomic E-state index is -2.37. The third kappa shape index (κ3) is 2.69. The second-order valence-corrected chi connectivity index (χ2v) is 4.18. The molecule has 0 amide bonds. The molecule has 2 nitrogen and oxygen atoms in total. The molecule has 0 unspecified atom stereocenters. The average Bonchev–Trinajstić information content (AvgIpc) is 2.52. The smallest absolute Gasteiger partial charge is 0.200 e. The SMILES string of the molecule is O=C(/C=C(\[O-])c1ccccc1)c1c(F)c(F)c(F)c(F)c1F. The van der Waals surface area contributed by atoms with Crippen molar-refractivity contribution < 1.29 is 31.9 Å². The van der Waals surface area contributed by atoms with E-state index in [1.54, 1.807) is 6.07 Å². The standard InChI is InChI=1S/C15H7F5O2/c16-11-10(12(17)14(19)15(20)13(11)18)9(22)6-8(21)7-4-2-1-3-5-7/h1-6,21H/p-1/b8-6-. The van der Waals surface area contributed by atoms with Crippen LogP contribution in [0.5, 0.6) is 0 Å². The summed E-state index contributed by atoms with van der Waals surface area (Å²) in [4.78, 5) is 11.7. The molecule has 0 fully saturated rings. The van der Waals surface area contributed by atoms with E-state index >= 15 is 0 Å². The Morgan fingerprint density at radius 3 is 1.77 bits per heavy atom. The van der Waals surface area contributed by atoms with Crippen LogP contribution < -0.4 is 5.11 Å². The molecule has 0 aliphatic heterocycles. The van der Waals surface area contributed by atoms with Crippen molar-refractivity contribution in [2.24, 2.45) is 0 Å². The molecule has 114 valence electrons. The molecule has 2 aromatic rings. The van der Waals surface area contributed by atoms with Crippen molar-refractivity contribution in [3.63, 3.8) is 0 Å². The van der Waals surface area contributed by atoms with Gasteiger partial charge in [-0.2, -0.15) is 0 Å². The van der Waals surface area contributed by atoms with E-state index in [9.17, 15) is 31.9 Å². The molecule has 0 radical (unpaired) electrons. The van der Waals surface area contributed by atoms with Crippen LogP contribution in [0.3, 0.4) is 0 Å². The third-order valence-corrected chi connectivity index (χ3v) is 2.78. The van der Waals surface area contributed by atoms with Gasteiger partial charge in [0.05, 0.1) is 5.56 Å². The Hall–Kier alpha value is -2.70. The van der Waals surface area contributed by atoms with Gasteiger partial charge in [0.1, 0.15) is 0 Å². The Balaban J connectivity index is 2.52. The molecule has 2 rings (SSSR count). The number of hydrogen-bond donors (Lipinski definition) is 0. The highest BCUT2D eigenvalue weighted by atomic mass is 19.2. The number of halogens is 5. The topological polar surface area (TPSA) is 40.1 Å². The lowest BCUT2D eigenvalue weighted by atomic mass is 10.1. The van der Waals surface area contributed by atoms with E-state index in [1.165, 1.54) is 24.3 Å². The van der Waals surface area contributed by atoms with Crippen LogP contribution in [0.15, 0.2) is 36.4 Å². The predicted molar refractivity (Wildman–Crippen MR) is 65.0 cm³/mol. The summed E-state index contributed by atoms with van der Waals surface area (Å²) in [5.41, 5.74) is -1.64. The van der Waals surface area contributed by atoms with E-state index < -0.39 is 46.2 Å². The summed E-state index contributed by atoms with van der Waals surface area (Å²) in [6.07, 6.45) is 0.271. The summed E-state index contributed by atoms with van der Waals surface area (Å²) < 4.78 is 65.8. The van der Waals surface area contributed by atoms with Crippen molar-refractivity contribution in [2.45, 2.75) is 0 Å². The zero-order valence-corrected chi connectivity index (χ0v) is 10.7. The van der Waals surface area contributed by atoms with Crippen LogP contribution in [-0.2, 0) is 0 Å². The molecule has 0 atom stereocenters. The van der Waals surface area contributed by atoms with Gasteiger partial charge in [-0.3, -0.25) is 4.79 Å². The van der Waals surface area contributed by atoms with E-state index in [4.69, 9.17) is 0 Å². The number of allylic oxidation sites excluding steroid dienone is 1. The first-order valence-electron chi connectivity index (χ1n) is 5.84. The summed E-state index contributed by atoms with van der Waals surface area (Å²) in [7, 11) is 0. The number of hydrogen-bond acceptors (Lipinski definition) is 2. The molecule has 0 bridgehead atoms. The van der Waals surface area contributed by atoms with Gasteiger partial charge in [-0.25, -0.2) is 22.0 Å². The van der Waals surface area contributed by atoms with Gasteiger partial charge in [0, 0.05) is 0 Å². The van der Waals surface area contributed by atoms with Crippen LogP contribution in [0.2, 0.25) is 0 Å². The first-order chi connectivity index (χ1) is 10.3. The quantitative estimate of drug-likeness (QED) is 0.218. The van der Waals surface area contributed by atoms with Crippen LogP contribution in [0.25, 0.3) is 5.76 Å². The van der Waals surface area contributed by atoms with Gasteiger partial charge < -0.3 is 5.11 Å². The summed E-state index contributed by atoms with van der Waals surface area (Å²) >= 11 is 0. The minimum absolute atomic E-state index is 0.0275. The molecule has 0 heterocycles. The monoisotopic (exact) mass is 313 g/mol.